The zero-order valence-corrected chi connectivity index (χ0v) is 18.4. The minimum absolute atomic E-state index is 0.174. The van der Waals surface area contributed by atoms with Crippen molar-refractivity contribution in [3.05, 3.63) is 95.1 Å². The smallest absolute Gasteiger partial charge is 0.264 e. The van der Waals surface area contributed by atoms with Crippen LogP contribution < -0.4 is 9.62 Å². The van der Waals surface area contributed by atoms with Gasteiger partial charge < -0.3 is 5.32 Å². The number of hydrogen-bond donors (Lipinski definition) is 1. The number of carbonyl (C=O) groups excluding carboxylic acids is 1. The molecule has 0 bridgehead atoms. The highest BCUT2D eigenvalue weighted by atomic mass is 32.2. The second kappa shape index (κ2) is 8.71. The van der Waals surface area contributed by atoms with E-state index >= 15 is 0 Å². The van der Waals surface area contributed by atoms with E-state index in [4.69, 9.17) is 0 Å². The van der Waals surface area contributed by atoms with Gasteiger partial charge in [0.2, 0.25) is 0 Å². The van der Waals surface area contributed by atoms with E-state index in [-0.39, 0.29) is 16.8 Å². The van der Waals surface area contributed by atoms with Crippen LogP contribution in [0.1, 0.15) is 40.0 Å². The van der Waals surface area contributed by atoms with E-state index in [0.29, 0.717) is 11.3 Å². The summed E-state index contributed by atoms with van der Waals surface area (Å²) in [5.74, 6) is -0.254. The van der Waals surface area contributed by atoms with Crippen molar-refractivity contribution in [3.63, 3.8) is 0 Å². The molecule has 1 N–H and O–H groups in total. The van der Waals surface area contributed by atoms with Gasteiger partial charge >= 0.3 is 0 Å². The number of aryl methyl sites for hydroxylation is 2. The summed E-state index contributed by atoms with van der Waals surface area (Å²) in [4.78, 5) is 13.0. The van der Waals surface area contributed by atoms with E-state index in [2.05, 4.69) is 11.4 Å². The molecule has 156 valence electrons. The molecule has 6 heteroatoms. The first-order valence-electron chi connectivity index (χ1n) is 9.72. The third-order valence-corrected chi connectivity index (χ3v) is 6.92. The SMILES string of the molecule is Cc1ccc(C)c([C@H](C)NC(=O)c2cccc(N(C)S(=O)(=O)c3ccccc3)c2)c1. The Kier molecular flexibility index (Phi) is 6.27. The van der Waals surface area contributed by atoms with Crippen LogP contribution in [0.2, 0.25) is 0 Å². The summed E-state index contributed by atoms with van der Waals surface area (Å²) >= 11 is 0. The van der Waals surface area contributed by atoms with Crippen LogP contribution in [-0.4, -0.2) is 21.4 Å². The van der Waals surface area contributed by atoms with Crippen molar-refractivity contribution in [2.24, 2.45) is 0 Å². The monoisotopic (exact) mass is 422 g/mol. The zero-order chi connectivity index (χ0) is 21.9. The largest absolute Gasteiger partial charge is 0.346 e. The van der Waals surface area contributed by atoms with Gasteiger partial charge in [-0.05, 0) is 62.2 Å². The lowest BCUT2D eigenvalue weighted by molar-refractivity contribution is 0.0940. The van der Waals surface area contributed by atoms with Gasteiger partial charge in [-0.25, -0.2) is 8.42 Å². The van der Waals surface area contributed by atoms with Crippen molar-refractivity contribution in [2.75, 3.05) is 11.4 Å². The van der Waals surface area contributed by atoms with Crippen molar-refractivity contribution >= 4 is 21.6 Å². The molecule has 1 amide bonds. The predicted molar refractivity (Wildman–Crippen MR) is 120 cm³/mol. The first kappa shape index (κ1) is 21.6. The fourth-order valence-corrected chi connectivity index (χ4v) is 4.52. The Morgan fingerprint density at radius 1 is 0.933 bits per heavy atom. The molecule has 0 spiro atoms. The van der Waals surface area contributed by atoms with E-state index in [0.717, 1.165) is 16.7 Å². The first-order chi connectivity index (χ1) is 14.2. The maximum absolute atomic E-state index is 12.9. The van der Waals surface area contributed by atoms with Gasteiger partial charge in [0, 0.05) is 12.6 Å². The van der Waals surface area contributed by atoms with Gasteiger partial charge in [-0.1, -0.05) is 48.0 Å². The lowest BCUT2D eigenvalue weighted by atomic mass is 9.99. The molecule has 0 heterocycles. The van der Waals surface area contributed by atoms with Crippen molar-refractivity contribution in [1.82, 2.24) is 5.32 Å². The van der Waals surface area contributed by atoms with E-state index in [9.17, 15) is 13.2 Å². The Bertz CT molecular complexity index is 1160. The number of carbonyl (C=O) groups is 1. The fourth-order valence-electron chi connectivity index (χ4n) is 3.32. The van der Waals surface area contributed by atoms with Gasteiger partial charge in [0.15, 0.2) is 0 Å². The average Bonchev–Trinajstić information content (AvgIpc) is 2.75. The molecule has 3 aromatic carbocycles. The number of rotatable bonds is 6. The molecule has 0 aliphatic rings. The average molecular weight is 423 g/mol. The Morgan fingerprint density at radius 3 is 2.33 bits per heavy atom. The first-order valence-corrected chi connectivity index (χ1v) is 11.2. The lowest BCUT2D eigenvalue weighted by Crippen LogP contribution is -2.29. The number of sulfonamides is 1. The molecule has 0 aliphatic carbocycles. The third kappa shape index (κ3) is 4.54. The lowest BCUT2D eigenvalue weighted by Gasteiger charge is -2.21. The minimum atomic E-state index is -3.71. The van der Waals surface area contributed by atoms with Crippen LogP contribution in [0.25, 0.3) is 0 Å². The maximum Gasteiger partial charge on any atom is 0.264 e. The highest BCUT2D eigenvalue weighted by Gasteiger charge is 2.22. The van der Waals surface area contributed by atoms with E-state index in [1.165, 1.54) is 11.4 Å². The molecule has 0 aliphatic heterocycles. The summed E-state index contributed by atoms with van der Waals surface area (Å²) in [5.41, 5.74) is 4.12. The molecule has 0 saturated carbocycles. The predicted octanol–water partition coefficient (Wildman–Crippen LogP) is 4.62. The van der Waals surface area contributed by atoms with Crippen LogP contribution in [0.15, 0.2) is 77.7 Å². The summed E-state index contributed by atoms with van der Waals surface area (Å²) in [6.07, 6.45) is 0. The fraction of sp³-hybridized carbons (Fsp3) is 0.208. The van der Waals surface area contributed by atoms with Crippen LogP contribution >= 0.6 is 0 Å². The van der Waals surface area contributed by atoms with E-state index in [1.54, 1.807) is 54.6 Å². The van der Waals surface area contributed by atoms with Gasteiger partial charge in [-0.2, -0.15) is 0 Å². The summed E-state index contributed by atoms with van der Waals surface area (Å²) in [7, 11) is -2.23. The highest BCUT2D eigenvalue weighted by molar-refractivity contribution is 7.92. The van der Waals surface area contributed by atoms with Gasteiger partial charge in [-0.15, -0.1) is 0 Å². The Morgan fingerprint density at radius 2 is 1.63 bits per heavy atom. The van der Waals surface area contributed by atoms with Gasteiger partial charge in [0.1, 0.15) is 0 Å². The third-order valence-electron chi connectivity index (χ3n) is 5.12. The quantitative estimate of drug-likeness (QED) is 0.630. The van der Waals surface area contributed by atoms with Crippen LogP contribution in [-0.2, 0) is 10.0 Å². The molecule has 3 aromatic rings. The number of anilines is 1. The van der Waals surface area contributed by atoms with E-state index in [1.807, 2.05) is 32.9 Å². The van der Waals surface area contributed by atoms with Crippen LogP contribution in [0.4, 0.5) is 5.69 Å². The summed E-state index contributed by atoms with van der Waals surface area (Å²) in [5, 5.41) is 3.01. The number of benzene rings is 3. The van der Waals surface area contributed by atoms with Crippen molar-refractivity contribution in [3.8, 4) is 0 Å². The summed E-state index contributed by atoms with van der Waals surface area (Å²) in [6, 6.07) is 20.8. The highest BCUT2D eigenvalue weighted by Crippen LogP contribution is 2.24. The van der Waals surface area contributed by atoms with Gasteiger partial charge in [0.05, 0.1) is 16.6 Å². The number of nitrogens with one attached hydrogen (secondary N) is 1. The molecule has 0 saturated heterocycles. The standard InChI is InChI=1S/C24H26N2O3S/c1-17-13-14-18(2)23(15-17)19(3)25-24(27)20-9-8-10-21(16-20)26(4)30(28,29)22-11-6-5-7-12-22/h5-16,19H,1-4H3,(H,25,27)/t19-/m0/s1. The summed E-state index contributed by atoms with van der Waals surface area (Å²) < 4.78 is 26.9. The molecule has 0 aromatic heterocycles. The van der Waals surface area contributed by atoms with E-state index < -0.39 is 10.0 Å². The molecular formula is C24H26N2O3S. The molecule has 0 radical (unpaired) electrons. The van der Waals surface area contributed by atoms with Crippen molar-refractivity contribution in [1.29, 1.82) is 0 Å². The number of amides is 1. The van der Waals surface area contributed by atoms with Crippen LogP contribution in [0.5, 0.6) is 0 Å². The second-order valence-corrected chi connectivity index (χ2v) is 9.36. The minimum Gasteiger partial charge on any atom is -0.346 e. The normalized spacial score (nSPS) is 12.3. The zero-order valence-electron chi connectivity index (χ0n) is 17.6. The number of nitrogens with zero attached hydrogens (tertiary/aromatic N) is 1. The van der Waals surface area contributed by atoms with Gasteiger partial charge in [0.25, 0.3) is 15.9 Å². The molecule has 1 atom stereocenters. The van der Waals surface area contributed by atoms with Gasteiger partial charge in [-0.3, -0.25) is 9.10 Å². The second-order valence-electron chi connectivity index (χ2n) is 7.39. The Labute approximate surface area is 178 Å². The summed E-state index contributed by atoms with van der Waals surface area (Å²) in [6.45, 7) is 5.97. The maximum atomic E-state index is 12.9. The molecule has 3 rings (SSSR count). The molecule has 5 nitrogen and oxygen atoms in total. The Hall–Kier alpha value is -3.12. The van der Waals surface area contributed by atoms with Crippen molar-refractivity contribution < 1.29 is 13.2 Å². The number of hydrogen-bond acceptors (Lipinski definition) is 3. The molecule has 0 unspecified atom stereocenters. The molecular weight excluding hydrogens is 396 g/mol. The van der Waals surface area contributed by atoms with Crippen molar-refractivity contribution in [2.45, 2.75) is 31.7 Å². The Balaban J connectivity index is 1.82. The molecule has 30 heavy (non-hydrogen) atoms. The van der Waals surface area contributed by atoms with Crippen LogP contribution in [0.3, 0.4) is 0 Å². The topological polar surface area (TPSA) is 66.5 Å². The van der Waals surface area contributed by atoms with Crippen LogP contribution in [0, 0.1) is 13.8 Å². The molecule has 0 fully saturated rings.